The molecular weight excluding hydrogens is 331 g/mol. The molecule has 0 radical (unpaired) electrons. The van der Waals surface area contributed by atoms with Crippen molar-refractivity contribution >= 4 is 44.1 Å². The van der Waals surface area contributed by atoms with E-state index >= 15 is 0 Å². The van der Waals surface area contributed by atoms with Gasteiger partial charge in [0.1, 0.15) is 10.2 Å². The maximum atomic E-state index is 13.5. The number of carbonyl (C=O) groups is 1. The van der Waals surface area contributed by atoms with Gasteiger partial charge in [-0.05, 0) is 18.2 Å². The second-order valence-corrected chi connectivity index (χ2v) is 6.87. The Balaban J connectivity index is 2.35. The summed E-state index contributed by atoms with van der Waals surface area (Å²) in [5.41, 5.74) is -0.610. The summed E-state index contributed by atoms with van der Waals surface area (Å²) in [7, 11) is -4.06. The number of aromatic nitrogens is 1. The zero-order chi connectivity index (χ0) is 14.9. The van der Waals surface area contributed by atoms with Crippen LogP contribution in [0.3, 0.4) is 0 Å². The minimum absolute atomic E-state index is 0.0257. The molecule has 0 fully saturated rings. The lowest BCUT2D eigenvalue weighted by Gasteiger charge is -2.06. The Hall–Kier alpha value is -1.71. The summed E-state index contributed by atoms with van der Waals surface area (Å²) >= 11 is 6.51. The van der Waals surface area contributed by atoms with Crippen LogP contribution in [0.4, 0.5) is 9.52 Å². The standard InChI is InChI=1S/C10H6ClFN2O4S2/c11-8-4-13-10(19-8)14-20(17,18)5-1-2-6(9(15)16)7(12)3-5/h1-4H,(H,13,14)(H,15,16). The van der Waals surface area contributed by atoms with Gasteiger partial charge in [-0.1, -0.05) is 22.9 Å². The van der Waals surface area contributed by atoms with Crippen molar-refractivity contribution in [2.45, 2.75) is 4.90 Å². The Morgan fingerprint density at radius 3 is 2.65 bits per heavy atom. The summed E-state index contributed by atoms with van der Waals surface area (Å²) in [4.78, 5) is 13.9. The number of nitrogens with one attached hydrogen (secondary N) is 1. The van der Waals surface area contributed by atoms with Crippen LogP contribution < -0.4 is 4.72 Å². The topological polar surface area (TPSA) is 96.4 Å². The van der Waals surface area contributed by atoms with Crippen molar-refractivity contribution in [3.63, 3.8) is 0 Å². The average Bonchev–Trinajstić information content (AvgIpc) is 2.73. The fraction of sp³-hybridized carbons (Fsp3) is 0. The molecule has 6 nitrogen and oxygen atoms in total. The number of carboxylic acid groups (broad SMARTS) is 1. The highest BCUT2D eigenvalue weighted by Gasteiger charge is 2.19. The van der Waals surface area contributed by atoms with Gasteiger partial charge >= 0.3 is 5.97 Å². The van der Waals surface area contributed by atoms with Crippen molar-refractivity contribution in [2.75, 3.05) is 4.72 Å². The zero-order valence-corrected chi connectivity index (χ0v) is 11.9. The second kappa shape index (κ2) is 5.35. The van der Waals surface area contributed by atoms with Gasteiger partial charge < -0.3 is 5.11 Å². The number of hydrogen-bond acceptors (Lipinski definition) is 5. The molecule has 20 heavy (non-hydrogen) atoms. The van der Waals surface area contributed by atoms with Crippen LogP contribution in [0.1, 0.15) is 10.4 Å². The van der Waals surface area contributed by atoms with E-state index in [-0.39, 0.29) is 9.47 Å². The van der Waals surface area contributed by atoms with Crippen LogP contribution in [-0.4, -0.2) is 24.5 Å². The van der Waals surface area contributed by atoms with Crippen molar-refractivity contribution in [1.29, 1.82) is 0 Å². The molecule has 106 valence electrons. The molecule has 0 unspecified atom stereocenters. The maximum Gasteiger partial charge on any atom is 0.338 e. The Morgan fingerprint density at radius 2 is 2.15 bits per heavy atom. The molecule has 2 rings (SSSR count). The number of aromatic carboxylic acids is 1. The van der Waals surface area contributed by atoms with E-state index in [1.54, 1.807) is 0 Å². The molecular formula is C10H6ClFN2O4S2. The highest BCUT2D eigenvalue weighted by Crippen LogP contribution is 2.25. The van der Waals surface area contributed by atoms with E-state index in [4.69, 9.17) is 16.7 Å². The molecule has 0 saturated heterocycles. The van der Waals surface area contributed by atoms with Gasteiger partial charge in [-0.3, -0.25) is 4.72 Å². The van der Waals surface area contributed by atoms with E-state index < -0.39 is 32.3 Å². The first kappa shape index (κ1) is 14.7. The Bertz CT molecular complexity index is 775. The lowest BCUT2D eigenvalue weighted by molar-refractivity contribution is 0.0691. The number of hydrogen-bond donors (Lipinski definition) is 2. The zero-order valence-electron chi connectivity index (χ0n) is 9.50. The smallest absolute Gasteiger partial charge is 0.338 e. The van der Waals surface area contributed by atoms with Gasteiger partial charge in [-0.15, -0.1) is 0 Å². The summed E-state index contributed by atoms with van der Waals surface area (Å²) in [6, 6.07) is 2.49. The molecule has 0 amide bonds. The van der Waals surface area contributed by atoms with Crippen LogP contribution in [0.2, 0.25) is 4.34 Å². The Labute approximate surface area is 121 Å². The molecule has 1 aromatic carbocycles. The first-order valence-corrected chi connectivity index (χ1v) is 7.64. The number of thiazole rings is 1. The van der Waals surface area contributed by atoms with E-state index in [2.05, 4.69) is 9.71 Å². The van der Waals surface area contributed by atoms with Crippen LogP contribution in [0, 0.1) is 5.82 Å². The molecule has 0 saturated carbocycles. The summed E-state index contributed by atoms with van der Waals surface area (Å²) in [5, 5.41) is 8.69. The van der Waals surface area contributed by atoms with Crippen LogP contribution in [0.5, 0.6) is 0 Å². The maximum absolute atomic E-state index is 13.5. The van der Waals surface area contributed by atoms with E-state index in [0.717, 1.165) is 23.5 Å². The van der Waals surface area contributed by atoms with Crippen molar-refractivity contribution in [3.05, 3.63) is 40.1 Å². The lowest BCUT2D eigenvalue weighted by atomic mass is 10.2. The molecule has 0 spiro atoms. The third kappa shape index (κ3) is 3.06. The quantitative estimate of drug-likeness (QED) is 0.893. The minimum Gasteiger partial charge on any atom is -0.478 e. The SMILES string of the molecule is O=C(O)c1ccc(S(=O)(=O)Nc2ncc(Cl)s2)cc1F. The van der Waals surface area contributed by atoms with Crippen LogP contribution >= 0.6 is 22.9 Å². The molecule has 0 atom stereocenters. The van der Waals surface area contributed by atoms with Crippen molar-refractivity contribution < 1.29 is 22.7 Å². The van der Waals surface area contributed by atoms with Crippen LogP contribution in [-0.2, 0) is 10.0 Å². The Kier molecular flexibility index (Phi) is 3.93. The molecule has 0 aliphatic heterocycles. The van der Waals surface area contributed by atoms with Crippen molar-refractivity contribution in [1.82, 2.24) is 4.98 Å². The first-order valence-electron chi connectivity index (χ1n) is 4.96. The third-order valence-electron chi connectivity index (χ3n) is 2.18. The number of rotatable bonds is 4. The predicted molar refractivity (Wildman–Crippen MR) is 71.3 cm³/mol. The van der Waals surface area contributed by atoms with E-state index in [9.17, 15) is 17.6 Å². The summed E-state index contributed by atoms with van der Waals surface area (Å²) < 4.78 is 39.8. The van der Waals surface area contributed by atoms with Gasteiger partial charge in [0.2, 0.25) is 0 Å². The molecule has 10 heteroatoms. The summed E-state index contributed by atoms with van der Waals surface area (Å²) in [6.45, 7) is 0. The number of carboxylic acids is 1. The van der Waals surface area contributed by atoms with Gasteiger partial charge in [0, 0.05) is 0 Å². The van der Waals surface area contributed by atoms with Gasteiger partial charge in [0.15, 0.2) is 5.13 Å². The predicted octanol–water partition coefficient (Wildman–Crippen LogP) is 2.43. The van der Waals surface area contributed by atoms with Gasteiger partial charge in [-0.2, -0.15) is 0 Å². The monoisotopic (exact) mass is 336 g/mol. The normalized spacial score (nSPS) is 11.3. The molecule has 0 aliphatic rings. The van der Waals surface area contributed by atoms with E-state index in [1.807, 2.05) is 0 Å². The van der Waals surface area contributed by atoms with Crippen molar-refractivity contribution in [3.8, 4) is 0 Å². The highest BCUT2D eigenvalue weighted by molar-refractivity contribution is 7.93. The highest BCUT2D eigenvalue weighted by atomic mass is 35.5. The van der Waals surface area contributed by atoms with Gasteiger partial charge in [-0.25, -0.2) is 22.6 Å². The van der Waals surface area contributed by atoms with Crippen LogP contribution in [0.15, 0.2) is 29.3 Å². The first-order chi connectivity index (χ1) is 9.29. The second-order valence-electron chi connectivity index (χ2n) is 3.52. The fourth-order valence-corrected chi connectivity index (χ4v) is 3.38. The molecule has 1 heterocycles. The minimum atomic E-state index is -4.06. The van der Waals surface area contributed by atoms with Gasteiger partial charge in [0.25, 0.3) is 10.0 Å². The molecule has 0 aliphatic carbocycles. The molecule has 1 aromatic heterocycles. The molecule has 2 N–H and O–H groups in total. The molecule has 2 aromatic rings. The van der Waals surface area contributed by atoms with E-state index in [0.29, 0.717) is 6.07 Å². The summed E-state index contributed by atoms with van der Waals surface area (Å²) in [6.07, 6.45) is 1.26. The number of benzene rings is 1. The number of halogens is 2. The summed E-state index contributed by atoms with van der Waals surface area (Å²) in [5.74, 6) is -2.62. The number of nitrogens with zero attached hydrogens (tertiary/aromatic N) is 1. The number of sulfonamides is 1. The van der Waals surface area contributed by atoms with Gasteiger partial charge in [0.05, 0.1) is 16.7 Å². The number of anilines is 1. The lowest BCUT2D eigenvalue weighted by Crippen LogP contribution is -2.13. The Morgan fingerprint density at radius 1 is 1.45 bits per heavy atom. The van der Waals surface area contributed by atoms with Crippen molar-refractivity contribution in [2.24, 2.45) is 0 Å². The fourth-order valence-electron chi connectivity index (χ4n) is 1.31. The third-order valence-corrected chi connectivity index (χ3v) is 4.68. The van der Waals surface area contributed by atoms with E-state index in [1.165, 1.54) is 6.20 Å². The average molecular weight is 337 g/mol. The largest absolute Gasteiger partial charge is 0.478 e. The molecule has 0 bridgehead atoms. The van der Waals surface area contributed by atoms with Crippen LogP contribution in [0.25, 0.3) is 0 Å².